The van der Waals surface area contributed by atoms with E-state index >= 15 is 0 Å². The van der Waals surface area contributed by atoms with Gasteiger partial charge in [-0.1, -0.05) is 55.7 Å². The first kappa shape index (κ1) is 21.1. The van der Waals surface area contributed by atoms with Crippen molar-refractivity contribution < 1.29 is 14.3 Å². The lowest BCUT2D eigenvalue weighted by Crippen LogP contribution is -2.08. The fourth-order valence-corrected chi connectivity index (χ4v) is 2.69. The summed E-state index contributed by atoms with van der Waals surface area (Å²) in [5.41, 5.74) is 4.04. The highest BCUT2D eigenvalue weighted by atomic mass is 16.5. The molecule has 0 aliphatic rings. The Bertz CT molecular complexity index is 816. The number of ether oxygens (including phenoxy) is 1. The third-order valence-corrected chi connectivity index (χ3v) is 4.04. The maximum atomic E-state index is 12.4. The fraction of sp³-hybridized carbons (Fsp3) is 0.217. The van der Waals surface area contributed by atoms with E-state index in [1.165, 1.54) is 21.0 Å². The van der Waals surface area contributed by atoms with Gasteiger partial charge < -0.3 is 4.74 Å². The molecule has 1 aromatic carbocycles. The first-order valence-corrected chi connectivity index (χ1v) is 8.34. The second-order valence-corrected chi connectivity index (χ2v) is 5.87. The molecule has 0 bridgehead atoms. The molecule has 0 amide bonds. The highest BCUT2D eigenvalue weighted by Crippen LogP contribution is 2.30. The van der Waals surface area contributed by atoms with Crippen LogP contribution in [-0.2, 0) is 9.53 Å². The number of carbonyl (C=O) groups excluding carboxylic acids is 2. The van der Waals surface area contributed by atoms with E-state index in [0.717, 1.165) is 11.1 Å². The molecule has 0 fully saturated rings. The van der Waals surface area contributed by atoms with E-state index < -0.39 is 0 Å². The van der Waals surface area contributed by atoms with Gasteiger partial charge in [0.1, 0.15) is 5.76 Å². The van der Waals surface area contributed by atoms with Gasteiger partial charge in [-0.25, -0.2) is 0 Å². The van der Waals surface area contributed by atoms with Gasteiger partial charge in [0.25, 0.3) is 0 Å². The van der Waals surface area contributed by atoms with E-state index in [-0.39, 0.29) is 11.6 Å². The van der Waals surface area contributed by atoms with Crippen LogP contribution in [0.25, 0.3) is 5.57 Å². The van der Waals surface area contributed by atoms with Crippen molar-refractivity contribution in [2.24, 2.45) is 0 Å². The second kappa shape index (κ2) is 9.52. The van der Waals surface area contributed by atoms with Crippen LogP contribution >= 0.6 is 0 Å². The predicted molar refractivity (Wildman–Crippen MR) is 108 cm³/mol. The second-order valence-electron chi connectivity index (χ2n) is 5.87. The van der Waals surface area contributed by atoms with Gasteiger partial charge in [0.2, 0.25) is 0 Å². The van der Waals surface area contributed by atoms with Crippen molar-refractivity contribution in [3.63, 3.8) is 0 Å². The van der Waals surface area contributed by atoms with Crippen molar-refractivity contribution in [1.29, 1.82) is 0 Å². The monoisotopic (exact) mass is 350 g/mol. The summed E-state index contributed by atoms with van der Waals surface area (Å²) in [5, 5.41) is 0. The smallest absolute Gasteiger partial charge is 0.164 e. The molecule has 0 aliphatic carbocycles. The number of hydrogen-bond acceptors (Lipinski definition) is 3. The SMILES string of the molecule is C=C/C(C(=C)/C=C\C)=C(C(C)=O)/C(OC)=C(\C)c1ccc(C(C)=O)cc1. The van der Waals surface area contributed by atoms with E-state index in [2.05, 4.69) is 13.2 Å². The molecule has 0 heterocycles. The molecule has 0 aliphatic heterocycles. The van der Waals surface area contributed by atoms with Crippen molar-refractivity contribution >= 4 is 17.1 Å². The molecule has 1 aromatic rings. The molecular weight excluding hydrogens is 324 g/mol. The molecule has 0 saturated carbocycles. The van der Waals surface area contributed by atoms with E-state index in [1.807, 2.05) is 38.1 Å². The zero-order valence-electron chi connectivity index (χ0n) is 16.2. The Balaban J connectivity index is 3.66. The maximum Gasteiger partial charge on any atom is 0.164 e. The number of carbonyl (C=O) groups is 2. The van der Waals surface area contributed by atoms with Gasteiger partial charge in [0.05, 0.1) is 12.7 Å². The number of Topliss-reactive ketones (excluding diaryl/α,β-unsaturated/α-hetero) is 2. The Morgan fingerprint density at radius 3 is 1.96 bits per heavy atom. The van der Waals surface area contributed by atoms with Crippen LogP contribution < -0.4 is 0 Å². The van der Waals surface area contributed by atoms with Gasteiger partial charge in [-0.3, -0.25) is 9.59 Å². The maximum absolute atomic E-state index is 12.4. The highest BCUT2D eigenvalue weighted by molar-refractivity contribution is 6.01. The molecule has 0 atom stereocenters. The summed E-state index contributed by atoms with van der Waals surface area (Å²) in [7, 11) is 1.53. The predicted octanol–water partition coefficient (Wildman–Crippen LogP) is 5.47. The summed E-state index contributed by atoms with van der Waals surface area (Å²) in [6.45, 7) is 14.6. The van der Waals surface area contributed by atoms with Crippen molar-refractivity contribution in [2.45, 2.75) is 27.7 Å². The molecule has 26 heavy (non-hydrogen) atoms. The Kier molecular flexibility index (Phi) is 7.73. The van der Waals surface area contributed by atoms with Crippen LogP contribution in [0.2, 0.25) is 0 Å². The molecular formula is C23H26O3. The third kappa shape index (κ3) is 4.79. The van der Waals surface area contributed by atoms with Crippen molar-refractivity contribution in [3.05, 3.63) is 89.3 Å². The number of methoxy groups -OCH3 is 1. The third-order valence-electron chi connectivity index (χ3n) is 4.04. The largest absolute Gasteiger partial charge is 0.496 e. The molecule has 0 radical (unpaired) electrons. The van der Waals surface area contributed by atoms with Crippen LogP contribution in [0.1, 0.15) is 43.6 Å². The molecule has 0 unspecified atom stereocenters. The quantitative estimate of drug-likeness (QED) is 0.270. The van der Waals surface area contributed by atoms with E-state index in [9.17, 15) is 9.59 Å². The summed E-state index contributed by atoms with van der Waals surface area (Å²) in [6, 6.07) is 7.21. The Hall–Kier alpha value is -2.94. The first-order chi connectivity index (χ1) is 12.3. The normalized spacial score (nSPS) is 13.0. The standard InChI is InChI=1S/C23H26O3/c1-8-10-15(3)21(9-2)22(18(6)25)23(26-7)16(4)19-11-13-20(14-12-19)17(5)24/h8-14H,2-3H2,1,4-7H3/b10-8-,22-21-,23-16-. The molecule has 0 aromatic heterocycles. The fourth-order valence-electron chi connectivity index (χ4n) is 2.69. The van der Waals surface area contributed by atoms with Crippen LogP contribution in [0, 0.1) is 0 Å². The van der Waals surface area contributed by atoms with Gasteiger partial charge in [-0.15, -0.1) is 0 Å². The number of rotatable bonds is 8. The highest BCUT2D eigenvalue weighted by Gasteiger charge is 2.20. The Morgan fingerprint density at radius 2 is 1.58 bits per heavy atom. The molecule has 0 N–H and O–H groups in total. The molecule has 136 valence electrons. The van der Waals surface area contributed by atoms with Gasteiger partial charge in [-0.2, -0.15) is 0 Å². The molecule has 0 saturated heterocycles. The topological polar surface area (TPSA) is 43.4 Å². The van der Waals surface area contributed by atoms with E-state index in [1.54, 1.807) is 18.2 Å². The van der Waals surface area contributed by atoms with Crippen molar-refractivity contribution in [1.82, 2.24) is 0 Å². The van der Waals surface area contributed by atoms with E-state index in [4.69, 9.17) is 4.74 Å². The van der Waals surface area contributed by atoms with Gasteiger partial charge >= 0.3 is 0 Å². The van der Waals surface area contributed by atoms with E-state index in [0.29, 0.717) is 28.0 Å². The average molecular weight is 350 g/mol. The first-order valence-electron chi connectivity index (χ1n) is 8.34. The van der Waals surface area contributed by atoms with Gasteiger partial charge in [-0.05, 0) is 50.0 Å². The number of hydrogen-bond donors (Lipinski definition) is 0. The van der Waals surface area contributed by atoms with Crippen LogP contribution in [0.3, 0.4) is 0 Å². The summed E-state index contributed by atoms with van der Waals surface area (Å²) < 4.78 is 5.60. The van der Waals surface area contributed by atoms with Crippen LogP contribution in [-0.4, -0.2) is 18.7 Å². The summed E-state index contributed by atoms with van der Waals surface area (Å²) in [4.78, 5) is 23.9. The van der Waals surface area contributed by atoms with Crippen LogP contribution in [0.4, 0.5) is 0 Å². The number of benzene rings is 1. The summed E-state index contributed by atoms with van der Waals surface area (Å²) in [6.07, 6.45) is 5.29. The molecule has 0 spiro atoms. The number of allylic oxidation sites excluding steroid dienone is 7. The molecule has 3 nitrogen and oxygen atoms in total. The van der Waals surface area contributed by atoms with Crippen molar-refractivity contribution in [3.8, 4) is 0 Å². The van der Waals surface area contributed by atoms with Gasteiger partial charge in [0.15, 0.2) is 11.6 Å². The molecule has 3 heteroatoms. The minimum absolute atomic E-state index is 0.00561. The zero-order valence-corrected chi connectivity index (χ0v) is 16.2. The van der Waals surface area contributed by atoms with Crippen LogP contribution in [0.15, 0.2) is 78.1 Å². The van der Waals surface area contributed by atoms with Gasteiger partial charge in [0, 0.05) is 5.56 Å². The lowest BCUT2D eigenvalue weighted by molar-refractivity contribution is -0.113. The minimum Gasteiger partial charge on any atom is -0.496 e. The average Bonchev–Trinajstić information content (AvgIpc) is 2.61. The Labute approximate surface area is 156 Å². The Morgan fingerprint density at radius 1 is 1.04 bits per heavy atom. The summed E-state index contributed by atoms with van der Waals surface area (Å²) >= 11 is 0. The minimum atomic E-state index is -0.137. The number of ketones is 2. The zero-order chi connectivity index (χ0) is 19.9. The van der Waals surface area contributed by atoms with Crippen LogP contribution in [0.5, 0.6) is 0 Å². The lowest BCUT2D eigenvalue weighted by Gasteiger charge is -2.17. The van der Waals surface area contributed by atoms with Crippen molar-refractivity contribution in [2.75, 3.05) is 7.11 Å². The molecule has 1 rings (SSSR count). The lowest BCUT2D eigenvalue weighted by atomic mass is 9.92. The summed E-state index contributed by atoms with van der Waals surface area (Å²) in [5.74, 6) is 0.335.